The molecule has 1 aromatic carbocycles. The van der Waals surface area contributed by atoms with Crippen LogP contribution in [0.4, 0.5) is 0 Å². The zero-order valence-corrected chi connectivity index (χ0v) is 16.2. The van der Waals surface area contributed by atoms with Crippen molar-refractivity contribution in [2.75, 3.05) is 0 Å². The minimum Gasteiger partial charge on any atom is -0.309 e. The molecule has 5 rings (SSSR count). The smallest absolute Gasteiger partial charge is 0.258 e. The van der Waals surface area contributed by atoms with E-state index in [1.54, 1.807) is 30.6 Å². The first kappa shape index (κ1) is 17.4. The summed E-state index contributed by atoms with van der Waals surface area (Å²) in [6.07, 6.45) is 5.75. The van der Waals surface area contributed by atoms with E-state index in [9.17, 15) is 4.79 Å². The van der Waals surface area contributed by atoms with Crippen LogP contribution in [-0.4, -0.2) is 29.7 Å². The van der Waals surface area contributed by atoms with Gasteiger partial charge in [0.25, 0.3) is 5.56 Å². The van der Waals surface area contributed by atoms with E-state index in [0.29, 0.717) is 33.5 Å². The van der Waals surface area contributed by atoms with Gasteiger partial charge in [-0.2, -0.15) is 0 Å². The maximum Gasteiger partial charge on any atom is 0.258 e. The van der Waals surface area contributed by atoms with Crippen LogP contribution in [-0.2, 0) is 5.75 Å². The van der Waals surface area contributed by atoms with Gasteiger partial charge in [0.05, 0.1) is 16.7 Å². The van der Waals surface area contributed by atoms with Crippen LogP contribution in [0.5, 0.6) is 0 Å². The second-order valence-corrected chi connectivity index (χ2v) is 7.98. The van der Waals surface area contributed by atoms with Crippen LogP contribution < -0.4 is 5.56 Å². The van der Waals surface area contributed by atoms with Crippen molar-refractivity contribution in [2.24, 2.45) is 0 Å². The summed E-state index contributed by atoms with van der Waals surface area (Å²) in [6.45, 7) is 0. The number of pyridine rings is 1. The Morgan fingerprint density at radius 3 is 2.79 bits per heavy atom. The number of nitrogens with one attached hydrogen (secondary N) is 1. The molecule has 3 aromatic heterocycles. The summed E-state index contributed by atoms with van der Waals surface area (Å²) in [4.78, 5) is 23.8. The quantitative estimate of drug-likeness (QED) is 0.502. The highest BCUT2D eigenvalue weighted by Gasteiger charge is 2.30. The van der Waals surface area contributed by atoms with E-state index in [1.165, 1.54) is 11.8 Å². The number of aromatic amines is 1. The third kappa shape index (κ3) is 3.29. The zero-order valence-electron chi connectivity index (χ0n) is 14.7. The Morgan fingerprint density at radius 1 is 1.18 bits per heavy atom. The van der Waals surface area contributed by atoms with Gasteiger partial charge in [-0.15, -0.1) is 10.2 Å². The van der Waals surface area contributed by atoms with Gasteiger partial charge in [0.15, 0.2) is 11.0 Å². The minimum atomic E-state index is -0.191. The van der Waals surface area contributed by atoms with Gasteiger partial charge in [0.1, 0.15) is 5.82 Å². The van der Waals surface area contributed by atoms with Gasteiger partial charge in [-0.3, -0.25) is 14.3 Å². The van der Waals surface area contributed by atoms with Crippen molar-refractivity contribution in [1.29, 1.82) is 0 Å². The van der Waals surface area contributed by atoms with Crippen LogP contribution in [0.15, 0.2) is 52.7 Å². The average Bonchev–Trinajstić information content (AvgIpc) is 3.46. The van der Waals surface area contributed by atoms with Crippen molar-refractivity contribution in [3.8, 4) is 11.4 Å². The Kier molecular flexibility index (Phi) is 4.37. The molecule has 0 saturated heterocycles. The SMILES string of the molecule is O=c1[nH]c(CSc2nnc(-c3ccncc3)n2C2CC2)nc2ccc(Cl)cc12. The first-order chi connectivity index (χ1) is 13.7. The number of hydrogen-bond acceptors (Lipinski definition) is 6. The van der Waals surface area contributed by atoms with E-state index in [4.69, 9.17) is 11.6 Å². The second-order valence-electron chi connectivity index (χ2n) is 6.61. The summed E-state index contributed by atoms with van der Waals surface area (Å²) in [6, 6.07) is 9.42. The van der Waals surface area contributed by atoms with Crippen LogP contribution >= 0.6 is 23.4 Å². The van der Waals surface area contributed by atoms with E-state index in [2.05, 4.69) is 29.7 Å². The number of H-pyrrole nitrogens is 1. The molecule has 140 valence electrons. The molecule has 0 unspecified atom stereocenters. The number of halogens is 1. The largest absolute Gasteiger partial charge is 0.309 e. The molecule has 1 fully saturated rings. The monoisotopic (exact) mass is 410 g/mol. The molecule has 0 aliphatic heterocycles. The highest BCUT2D eigenvalue weighted by Crippen LogP contribution is 2.41. The second kappa shape index (κ2) is 7.03. The van der Waals surface area contributed by atoms with E-state index in [-0.39, 0.29) is 5.56 Å². The Balaban J connectivity index is 1.45. The zero-order chi connectivity index (χ0) is 19.1. The molecule has 4 aromatic rings. The Bertz CT molecular complexity index is 1220. The first-order valence-electron chi connectivity index (χ1n) is 8.85. The lowest BCUT2D eigenvalue weighted by atomic mass is 10.2. The Hall–Kier alpha value is -2.71. The molecule has 9 heteroatoms. The van der Waals surface area contributed by atoms with Gasteiger partial charge in [-0.1, -0.05) is 23.4 Å². The van der Waals surface area contributed by atoms with Gasteiger partial charge in [-0.25, -0.2) is 4.98 Å². The fourth-order valence-corrected chi connectivity index (χ4v) is 4.14. The van der Waals surface area contributed by atoms with Crippen LogP contribution in [0.25, 0.3) is 22.3 Å². The maximum absolute atomic E-state index is 12.3. The lowest BCUT2D eigenvalue weighted by Crippen LogP contribution is -2.11. The molecule has 0 radical (unpaired) electrons. The van der Waals surface area contributed by atoms with Crippen molar-refractivity contribution < 1.29 is 0 Å². The molecule has 0 spiro atoms. The molecule has 7 nitrogen and oxygen atoms in total. The summed E-state index contributed by atoms with van der Waals surface area (Å²) in [5.41, 5.74) is 1.43. The fourth-order valence-electron chi connectivity index (χ4n) is 3.10. The van der Waals surface area contributed by atoms with E-state index in [1.807, 2.05) is 12.1 Å². The fraction of sp³-hybridized carbons (Fsp3) is 0.211. The molecule has 1 aliphatic carbocycles. The minimum absolute atomic E-state index is 0.191. The molecule has 3 heterocycles. The standard InChI is InChI=1S/C19H15ClN6OS/c20-12-1-4-15-14(9-12)18(27)23-16(22-15)10-28-19-25-24-17(26(19)13-2-3-13)11-5-7-21-8-6-11/h1,4-9,13H,2-3,10H2,(H,22,23,27). The van der Waals surface area contributed by atoms with Gasteiger partial charge in [0, 0.05) is 29.0 Å². The average molecular weight is 411 g/mol. The molecule has 0 bridgehead atoms. The lowest BCUT2D eigenvalue weighted by Gasteiger charge is -2.08. The Morgan fingerprint density at radius 2 is 2.00 bits per heavy atom. The molecular weight excluding hydrogens is 396 g/mol. The van der Waals surface area contributed by atoms with Crippen LogP contribution in [0.3, 0.4) is 0 Å². The normalized spacial score (nSPS) is 13.9. The van der Waals surface area contributed by atoms with Gasteiger partial charge in [-0.05, 0) is 43.2 Å². The number of fused-ring (bicyclic) bond motifs is 1. The molecule has 1 saturated carbocycles. The van der Waals surface area contributed by atoms with Crippen LogP contribution in [0.1, 0.15) is 24.7 Å². The Labute approximate surface area is 169 Å². The summed E-state index contributed by atoms with van der Waals surface area (Å²) in [7, 11) is 0. The van der Waals surface area contributed by atoms with Crippen molar-refractivity contribution in [1.82, 2.24) is 29.7 Å². The van der Waals surface area contributed by atoms with Crippen molar-refractivity contribution in [3.63, 3.8) is 0 Å². The van der Waals surface area contributed by atoms with Gasteiger partial charge in [0.2, 0.25) is 0 Å². The number of rotatable bonds is 5. The molecule has 0 amide bonds. The molecule has 1 aliphatic rings. The lowest BCUT2D eigenvalue weighted by molar-refractivity contribution is 0.669. The number of nitrogens with zero attached hydrogens (tertiary/aromatic N) is 5. The van der Waals surface area contributed by atoms with Gasteiger partial charge >= 0.3 is 0 Å². The highest BCUT2D eigenvalue weighted by molar-refractivity contribution is 7.98. The summed E-state index contributed by atoms with van der Waals surface area (Å²) in [5.74, 6) is 1.94. The van der Waals surface area contributed by atoms with E-state index < -0.39 is 0 Å². The molecule has 1 N–H and O–H groups in total. The number of aromatic nitrogens is 6. The van der Waals surface area contributed by atoms with E-state index >= 15 is 0 Å². The number of thioether (sulfide) groups is 1. The van der Waals surface area contributed by atoms with Crippen molar-refractivity contribution in [3.05, 3.63) is 63.9 Å². The predicted molar refractivity (Wildman–Crippen MR) is 108 cm³/mol. The summed E-state index contributed by atoms with van der Waals surface area (Å²) < 4.78 is 2.18. The summed E-state index contributed by atoms with van der Waals surface area (Å²) in [5, 5.41) is 10.6. The number of benzene rings is 1. The molecule has 0 atom stereocenters. The molecule has 28 heavy (non-hydrogen) atoms. The summed E-state index contributed by atoms with van der Waals surface area (Å²) >= 11 is 7.49. The van der Waals surface area contributed by atoms with Crippen molar-refractivity contribution >= 4 is 34.3 Å². The van der Waals surface area contributed by atoms with E-state index in [0.717, 1.165) is 29.4 Å². The van der Waals surface area contributed by atoms with Gasteiger partial charge < -0.3 is 4.98 Å². The third-order valence-corrected chi connectivity index (χ3v) is 5.76. The maximum atomic E-state index is 12.3. The third-order valence-electron chi connectivity index (χ3n) is 4.57. The highest BCUT2D eigenvalue weighted by atomic mass is 35.5. The molecular formula is C19H15ClN6OS. The van der Waals surface area contributed by atoms with Crippen LogP contribution in [0, 0.1) is 0 Å². The number of hydrogen-bond donors (Lipinski definition) is 1. The topological polar surface area (TPSA) is 89.4 Å². The predicted octanol–water partition coefficient (Wildman–Crippen LogP) is 3.86. The van der Waals surface area contributed by atoms with Crippen LogP contribution in [0.2, 0.25) is 5.02 Å². The first-order valence-corrected chi connectivity index (χ1v) is 10.2. The van der Waals surface area contributed by atoms with Crippen molar-refractivity contribution in [2.45, 2.75) is 29.8 Å².